The van der Waals surface area contributed by atoms with Crippen molar-refractivity contribution < 1.29 is 22.3 Å². The molecule has 2 N–H and O–H groups in total. The summed E-state index contributed by atoms with van der Waals surface area (Å²) in [6.45, 7) is 0.523. The van der Waals surface area contributed by atoms with Gasteiger partial charge in [-0.2, -0.15) is 13.2 Å². The fourth-order valence-electron chi connectivity index (χ4n) is 4.62. The number of anilines is 1. The van der Waals surface area contributed by atoms with Gasteiger partial charge in [0, 0.05) is 37.2 Å². The number of ether oxygens (including phenoxy) is 1. The zero-order valence-corrected chi connectivity index (χ0v) is 16.5. The average molecular weight is 432 g/mol. The summed E-state index contributed by atoms with van der Waals surface area (Å²) in [5, 5.41) is 0. The van der Waals surface area contributed by atoms with Crippen LogP contribution in [0.5, 0.6) is 0 Å². The quantitative estimate of drug-likeness (QED) is 0.565. The number of nitrogen functional groups attached to an aromatic ring is 1. The Morgan fingerprint density at radius 1 is 1.10 bits per heavy atom. The Kier molecular flexibility index (Phi) is 4.37. The van der Waals surface area contributed by atoms with Crippen LogP contribution < -0.4 is 5.73 Å². The maximum atomic E-state index is 14.2. The molecule has 2 aromatic heterocycles. The molecule has 0 aliphatic heterocycles. The monoisotopic (exact) mass is 432 g/mol. The standard InChI is InChI=1S/C22H20F4N4O/c23-20-11-21(12-20,13-20)30-8-17(15-6-16(22(24,25)26)19(27)28-7-15)29-18(30)10-31-9-14-4-2-1-3-5-14/h1-8H,9-13H2,(H2,27,28). The molecule has 6 rings (SSSR count). The Labute approximate surface area is 175 Å². The maximum Gasteiger partial charge on any atom is 0.419 e. The molecule has 31 heavy (non-hydrogen) atoms. The molecule has 0 unspecified atom stereocenters. The minimum absolute atomic E-state index is 0.157. The number of benzene rings is 1. The molecular weight excluding hydrogens is 412 g/mol. The van der Waals surface area contributed by atoms with Gasteiger partial charge in [-0.1, -0.05) is 30.3 Å². The molecule has 1 aromatic carbocycles. The van der Waals surface area contributed by atoms with Crippen LogP contribution in [-0.4, -0.2) is 20.2 Å². The number of hydrogen-bond acceptors (Lipinski definition) is 4. The van der Waals surface area contributed by atoms with E-state index in [0.717, 1.165) is 11.6 Å². The molecule has 0 spiro atoms. The Morgan fingerprint density at radius 2 is 1.81 bits per heavy atom. The highest BCUT2D eigenvalue weighted by molar-refractivity contribution is 5.62. The molecule has 3 saturated carbocycles. The van der Waals surface area contributed by atoms with E-state index < -0.39 is 23.2 Å². The predicted molar refractivity (Wildman–Crippen MR) is 105 cm³/mol. The van der Waals surface area contributed by atoms with Crippen LogP contribution in [0.2, 0.25) is 0 Å². The van der Waals surface area contributed by atoms with Crippen molar-refractivity contribution in [2.45, 2.75) is 49.9 Å². The number of nitrogens with two attached hydrogens (primary N) is 1. The number of nitrogens with zero attached hydrogens (tertiary/aromatic N) is 3. The third-order valence-corrected chi connectivity index (χ3v) is 6.09. The van der Waals surface area contributed by atoms with E-state index in [9.17, 15) is 17.6 Å². The van der Waals surface area contributed by atoms with E-state index in [1.165, 1.54) is 6.20 Å². The molecule has 3 fully saturated rings. The fourth-order valence-corrected chi connectivity index (χ4v) is 4.62. The second kappa shape index (κ2) is 6.78. The zero-order chi connectivity index (χ0) is 21.9. The van der Waals surface area contributed by atoms with Gasteiger partial charge in [-0.05, 0) is 11.6 Å². The zero-order valence-electron chi connectivity index (χ0n) is 16.5. The summed E-state index contributed by atoms with van der Waals surface area (Å²) in [5.74, 6) is -0.0287. The molecular formula is C22H20F4N4O. The molecule has 0 saturated heterocycles. The first kappa shape index (κ1) is 20.0. The Bertz CT molecular complexity index is 1110. The van der Waals surface area contributed by atoms with Gasteiger partial charge in [0.2, 0.25) is 0 Å². The third kappa shape index (κ3) is 3.46. The van der Waals surface area contributed by atoms with Crippen LogP contribution in [0.15, 0.2) is 48.8 Å². The highest BCUT2D eigenvalue weighted by Crippen LogP contribution is 2.67. The van der Waals surface area contributed by atoms with Crippen LogP contribution in [0.25, 0.3) is 11.3 Å². The van der Waals surface area contributed by atoms with Crippen molar-refractivity contribution in [3.63, 3.8) is 0 Å². The highest BCUT2D eigenvalue weighted by Gasteiger charge is 2.70. The molecule has 0 atom stereocenters. The first-order valence-electron chi connectivity index (χ1n) is 9.90. The second-order valence-corrected chi connectivity index (χ2v) is 8.45. The molecule has 3 aromatic rings. The van der Waals surface area contributed by atoms with Gasteiger partial charge in [0.15, 0.2) is 0 Å². The number of aromatic nitrogens is 3. The molecule has 0 radical (unpaired) electrons. The number of pyridine rings is 1. The van der Waals surface area contributed by atoms with Crippen LogP contribution in [0.1, 0.15) is 36.2 Å². The minimum Gasteiger partial charge on any atom is -0.383 e. The van der Waals surface area contributed by atoms with Crippen LogP contribution in [0.4, 0.5) is 23.4 Å². The van der Waals surface area contributed by atoms with Crippen molar-refractivity contribution in [3.05, 3.63) is 65.7 Å². The first-order valence-corrected chi connectivity index (χ1v) is 9.90. The summed E-state index contributed by atoms with van der Waals surface area (Å²) < 4.78 is 61.6. The lowest BCUT2D eigenvalue weighted by Gasteiger charge is -2.66. The third-order valence-electron chi connectivity index (χ3n) is 6.09. The van der Waals surface area contributed by atoms with Crippen molar-refractivity contribution in [1.82, 2.24) is 14.5 Å². The average Bonchev–Trinajstić information content (AvgIpc) is 3.09. The van der Waals surface area contributed by atoms with Gasteiger partial charge in [0.25, 0.3) is 0 Å². The molecule has 0 amide bonds. The van der Waals surface area contributed by atoms with Crippen molar-refractivity contribution in [3.8, 4) is 11.3 Å². The van der Waals surface area contributed by atoms with Gasteiger partial charge in [-0.15, -0.1) is 0 Å². The highest BCUT2D eigenvalue weighted by atomic mass is 19.4. The van der Waals surface area contributed by atoms with E-state index in [1.54, 1.807) is 6.20 Å². The van der Waals surface area contributed by atoms with E-state index >= 15 is 0 Å². The van der Waals surface area contributed by atoms with Crippen molar-refractivity contribution >= 4 is 5.82 Å². The largest absolute Gasteiger partial charge is 0.419 e. The number of alkyl halides is 4. The first-order chi connectivity index (χ1) is 14.7. The molecule has 3 aliphatic rings. The Balaban J connectivity index is 1.44. The lowest BCUT2D eigenvalue weighted by atomic mass is 9.47. The van der Waals surface area contributed by atoms with Crippen LogP contribution >= 0.6 is 0 Å². The van der Waals surface area contributed by atoms with Crippen molar-refractivity contribution in [2.24, 2.45) is 0 Å². The molecule has 162 valence electrons. The lowest BCUT2D eigenvalue weighted by Crippen LogP contribution is -2.70. The summed E-state index contributed by atoms with van der Waals surface area (Å²) in [6.07, 6.45) is -0.524. The Morgan fingerprint density at radius 3 is 2.45 bits per heavy atom. The van der Waals surface area contributed by atoms with Crippen molar-refractivity contribution in [1.29, 1.82) is 0 Å². The SMILES string of the molecule is Nc1ncc(-c2cn(C34CC(F)(C3)C4)c(COCc3ccccc3)n2)cc1C(F)(F)F. The molecule has 9 heteroatoms. The van der Waals surface area contributed by atoms with Gasteiger partial charge < -0.3 is 15.0 Å². The number of halogens is 4. The smallest absolute Gasteiger partial charge is 0.383 e. The number of rotatable bonds is 6. The maximum absolute atomic E-state index is 14.2. The summed E-state index contributed by atoms with van der Waals surface area (Å²) >= 11 is 0. The predicted octanol–water partition coefficient (Wildman–Crippen LogP) is 4.86. The fraction of sp³-hybridized carbons (Fsp3) is 0.364. The second-order valence-electron chi connectivity index (χ2n) is 8.45. The molecule has 3 aliphatic carbocycles. The normalized spacial score (nSPS) is 24.5. The van der Waals surface area contributed by atoms with Crippen molar-refractivity contribution in [2.75, 3.05) is 5.73 Å². The minimum atomic E-state index is -4.62. The van der Waals surface area contributed by atoms with Crippen LogP contribution in [-0.2, 0) is 29.7 Å². The topological polar surface area (TPSA) is 66.0 Å². The van der Waals surface area contributed by atoms with E-state index in [4.69, 9.17) is 10.5 Å². The molecule has 2 bridgehead atoms. The van der Waals surface area contributed by atoms with E-state index in [0.29, 0.717) is 37.4 Å². The number of imidazole rings is 1. The number of hydrogen-bond donors (Lipinski definition) is 1. The summed E-state index contributed by atoms with van der Waals surface area (Å²) in [4.78, 5) is 8.22. The van der Waals surface area contributed by atoms with E-state index in [1.807, 2.05) is 34.9 Å². The summed E-state index contributed by atoms with van der Waals surface area (Å²) in [5.41, 5.74) is 4.43. The van der Waals surface area contributed by atoms with Crippen LogP contribution in [0.3, 0.4) is 0 Å². The summed E-state index contributed by atoms with van der Waals surface area (Å²) in [7, 11) is 0. The van der Waals surface area contributed by atoms with E-state index in [-0.39, 0.29) is 17.7 Å². The lowest BCUT2D eigenvalue weighted by molar-refractivity contribution is -0.200. The van der Waals surface area contributed by atoms with E-state index in [2.05, 4.69) is 9.97 Å². The van der Waals surface area contributed by atoms with Gasteiger partial charge in [-0.25, -0.2) is 14.4 Å². The van der Waals surface area contributed by atoms with Gasteiger partial charge >= 0.3 is 6.18 Å². The molecule has 2 heterocycles. The van der Waals surface area contributed by atoms with Gasteiger partial charge in [-0.3, -0.25) is 0 Å². The van der Waals surface area contributed by atoms with Gasteiger partial charge in [0.1, 0.15) is 23.9 Å². The molecule has 5 nitrogen and oxygen atoms in total. The summed E-state index contributed by atoms with van der Waals surface area (Å²) in [6, 6.07) is 10.5. The Hall–Kier alpha value is -2.94. The van der Waals surface area contributed by atoms with Crippen LogP contribution in [0, 0.1) is 0 Å². The van der Waals surface area contributed by atoms with Gasteiger partial charge in [0.05, 0.1) is 23.4 Å².